The van der Waals surface area contributed by atoms with Crippen molar-refractivity contribution >= 4 is 11.6 Å². The van der Waals surface area contributed by atoms with Crippen LogP contribution in [0.3, 0.4) is 0 Å². The summed E-state index contributed by atoms with van der Waals surface area (Å²) in [5, 5.41) is 5.82. The van der Waals surface area contributed by atoms with E-state index in [0.29, 0.717) is 29.7 Å². The van der Waals surface area contributed by atoms with E-state index in [1.165, 1.54) is 0 Å². The van der Waals surface area contributed by atoms with Gasteiger partial charge in [0.2, 0.25) is 5.91 Å². The highest BCUT2D eigenvalue weighted by atomic mass is 19.4. The number of hydrogen-bond acceptors (Lipinski definition) is 3. The number of benzene rings is 1. The Morgan fingerprint density at radius 1 is 1.23 bits per heavy atom. The fourth-order valence-electron chi connectivity index (χ4n) is 2.37. The first kappa shape index (κ1) is 18.0. The second kappa shape index (κ2) is 6.50. The molecule has 1 heterocycles. The van der Waals surface area contributed by atoms with Gasteiger partial charge in [-0.15, -0.1) is 0 Å². The molecule has 0 bridgehead atoms. The van der Waals surface area contributed by atoms with Gasteiger partial charge in [0.15, 0.2) is 0 Å². The molecular formula is C16H12F5N3O2. The van der Waals surface area contributed by atoms with Crippen LogP contribution in [0.2, 0.25) is 0 Å². The third-order valence-corrected chi connectivity index (χ3v) is 3.79. The quantitative estimate of drug-likeness (QED) is 0.838. The summed E-state index contributed by atoms with van der Waals surface area (Å²) in [4.78, 5) is 24.0. The van der Waals surface area contributed by atoms with Crippen LogP contribution in [0.5, 0.6) is 0 Å². The molecule has 1 saturated carbocycles. The van der Waals surface area contributed by atoms with Crippen molar-refractivity contribution < 1.29 is 26.7 Å². The van der Waals surface area contributed by atoms with E-state index in [-0.39, 0.29) is 11.6 Å². The molecule has 1 N–H and O–H groups in total. The number of alkyl halides is 3. The summed E-state index contributed by atoms with van der Waals surface area (Å²) < 4.78 is 66.2. The van der Waals surface area contributed by atoms with Crippen LogP contribution in [-0.4, -0.2) is 15.7 Å². The minimum Gasteiger partial charge on any atom is -0.322 e. The molecule has 1 amide bonds. The lowest BCUT2D eigenvalue weighted by Crippen LogP contribution is -2.35. The standard InChI is InChI=1S/C16H12F5N3O2/c17-9-3-4-11(18)13(5-9)22-14(25)7-24-15(26)10(16(19,20)21)6-12(23-24)8-1-2-8/h3-6,8H,1-2,7H2,(H,22,25). The minimum atomic E-state index is -4.89. The van der Waals surface area contributed by atoms with E-state index in [2.05, 4.69) is 5.10 Å². The first-order valence-corrected chi connectivity index (χ1v) is 7.59. The number of hydrogen-bond donors (Lipinski definition) is 1. The zero-order valence-corrected chi connectivity index (χ0v) is 13.1. The van der Waals surface area contributed by atoms with E-state index in [0.717, 1.165) is 12.1 Å². The average molecular weight is 373 g/mol. The molecule has 10 heteroatoms. The number of anilines is 1. The Kier molecular flexibility index (Phi) is 4.51. The summed E-state index contributed by atoms with van der Waals surface area (Å²) >= 11 is 0. The van der Waals surface area contributed by atoms with Crippen LogP contribution in [0, 0.1) is 11.6 Å². The van der Waals surface area contributed by atoms with Gasteiger partial charge >= 0.3 is 6.18 Å². The smallest absolute Gasteiger partial charge is 0.322 e. The molecule has 1 aromatic heterocycles. The zero-order chi connectivity index (χ0) is 19.1. The Hall–Kier alpha value is -2.78. The van der Waals surface area contributed by atoms with Crippen LogP contribution < -0.4 is 10.9 Å². The molecule has 2 aromatic rings. The molecule has 3 rings (SSSR count). The van der Waals surface area contributed by atoms with Crippen molar-refractivity contribution in [1.82, 2.24) is 9.78 Å². The highest BCUT2D eigenvalue weighted by molar-refractivity contribution is 5.90. The average Bonchev–Trinajstić information content (AvgIpc) is 3.36. The fourth-order valence-corrected chi connectivity index (χ4v) is 2.37. The minimum absolute atomic E-state index is 0.0710. The predicted octanol–water partition coefficient (Wildman–Crippen LogP) is 3.06. The molecule has 138 valence electrons. The topological polar surface area (TPSA) is 64.0 Å². The van der Waals surface area contributed by atoms with Gasteiger partial charge in [-0.3, -0.25) is 9.59 Å². The second-order valence-corrected chi connectivity index (χ2v) is 5.89. The molecule has 1 fully saturated rings. The molecule has 0 spiro atoms. The first-order valence-electron chi connectivity index (χ1n) is 7.59. The van der Waals surface area contributed by atoms with Gasteiger partial charge in [-0.2, -0.15) is 18.3 Å². The van der Waals surface area contributed by atoms with Gasteiger partial charge in [0, 0.05) is 12.0 Å². The molecule has 1 aromatic carbocycles. The lowest BCUT2D eigenvalue weighted by Gasteiger charge is -2.12. The summed E-state index contributed by atoms with van der Waals surface area (Å²) in [6, 6.07) is 3.03. The highest BCUT2D eigenvalue weighted by Gasteiger charge is 2.37. The van der Waals surface area contributed by atoms with Crippen molar-refractivity contribution in [3.63, 3.8) is 0 Å². The Morgan fingerprint density at radius 3 is 2.54 bits per heavy atom. The van der Waals surface area contributed by atoms with Gasteiger partial charge in [-0.25, -0.2) is 13.5 Å². The summed E-state index contributed by atoms with van der Waals surface area (Å²) in [6.07, 6.45) is -3.61. The largest absolute Gasteiger partial charge is 0.421 e. The monoisotopic (exact) mass is 373 g/mol. The lowest BCUT2D eigenvalue weighted by molar-refractivity contribution is -0.139. The van der Waals surface area contributed by atoms with E-state index in [1.807, 2.05) is 5.32 Å². The maximum Gasteiger partial charge on any atom is 0.421 e. The second-order valence-electron chi connectivity index (χ2n) is 5.89. The van der Waals surface area contributed by atoms with Gasteiger partial charge in [0.1, 0.15) is 23.7 Å². The Bertz CT molecular complexity index is 919. The summed E-state index contributed by atoms with van der Waals surface area (Å²) in [6.45, 7) is -0.863. The van der Waals surface area contributed by atoms with Crippen LogP contribution in [0.15, 0.2) is 29.1 Å². The molecule has 0 atom stereocenters. The van der Waals surface area contributed by atoms with Crippen molar-refractivity contribution in [2.45, 2.75) is 31.5 Å². The molecule has 0 saturated heterocycles. The van der Waals surface area contributed by atoms with E-state index >= 15 is 0 Å². The Labute approximate surface area is 143 Å². The summed E-state index contributed by atoms with van der Waals surface area (Å²) in [5.74, 6) is -2.94. The molecule has 0 radical (unpaired) electrons. The molecular weight excluding hydrogens is 361 g/mol. The predicted molar refractivity (Wildman–Crippen MR) is 80.5 cm³/mol. The van der Waals surface area contributed by atoms with Crippen molar-refractivity contribution in [2.24, 2.45) is 0 Å². The number of nitrogens with one attached hydrogen (secondary N) is 1. The molecule has 26 heavy (non-hydrogen) atoms. The van der Waals surface area contributed by atoms with Gasteiger partial charge < -0.3 is 5.32 Å². The van der Waals surface area contributed by atoms with Crippen molar-refractivity contribution in [2.75, 3.05) is 5.32 Å². The number of halogens is 5. The van der Waals surface area contributed by atoms with Gasteiger partial charge in [-0.05, 0) is 31.0 Å². The van der Waals surface area contributed by atoms with E-state index < -0.39 is 47.1 Å². The SMILES string of the molecule is O=C(Cn1nc(C2CC2)cc(C(F)(F)F)c1=O)Nc1cc(F)ccc1F. The van der Waals surface area contributed by atoms with Crippen LogP contribution in [0.25, 0.3) is 0 Å². The fraction of sp³-hybridized carbons (Fsp3) is 0.312. The summed E-state index contributed by atoms with van der Waals surface area (Å²) in [7, 11) is 0. The zero-order valence-electron chi connectivity index (χ0n) is 13.1. The lowest BCUT2D eigenvalue weighted by atomic mass is 10.2. The number of carbonyl (C=O) groups is 1. The van der Waals surface area contributed by atoms with Crippen molar-refractivity contribution in [3.05, 3.63) is 57.5 Å². The van der Waals surface area contributed by atoms with Gasteiger partial charge in [-0.1, -0.05) is 0 Å². The summed E-state index contributed by atoms with van der Waals surface area (Å²) in [5.41, 5.74) is -3.31. The number of nitrogens with zero attached hydrogens (tertiary/aromatic N) is 2. The number of rotatable bonds is 4. The highest BCUT2D eigenvalue weighted by Crippen LogP contribution is 2.40. The molecule has 5 nitrogen and oxygen atoms in total. The number of aromatic nitrogens is 2. The molecule has 1 aliphatic rings. The normalized spacial score (nSPS) is 14.3. The van der Waals surface area contributed by atoms with Crippen LogP contribution in [0.1, 0.15) is 30.0 Å². The van der Waals surface area contributed by atoms with Crippen molar-refractivity contribution in [3.8, 4) is 0 Å². The van der Waals surface area contributed by atoms with Crippen LogP contribution in [0.4, 0.5) is 27.6 Å². The van der Waals surface area contributed by atoms with Gasteiger partial charge in [0.05, 0.1) is 11.4 Å². The molecule has 0 unspecified atom stereocenters. The Morgan fingerprint density at radius 2 is 1.92 bits per heavy atom. The van der Waals surface area contributed by atoms with E-state index in [4.69, 9.17) is 0 Å². The molecule has 0 aliphatic heterocycles. The maximum absolute atomic E-state index is 13.5. The molecule has 1 aliphatic carbocycles. The van der Waals surface area contributed by atoms with Crippen molar-refractivity contribution in [1.29, 1.82) is 0 Å². The maximum atomic E-state index is 13.5. The van der Waals surface area contributed by atoms with E-state index in [9.17, 15) is 31.5 Å². The van der Waals surface area contributed by atoms with Gasteiger partial charge in [0.25, 0.3) is 5.56 Å². The Balaban J connectivity index is 1.89. The third-order valence-electron chi connectivity index (χ3n) is 3.79. The van der Waals surface area contributed by atoms with Crippen LogP contribution >= 0.6 is 0 Å². The van der Waals surface area contributed by atoms with Crippen LogP contribution in [-0.2, 0) is 17.5 Å². The van der Waals surface area contributed by atoms with E-state index in [1.54, 1.807) is 0 Å². The number of amides is 1. The number of carbonyl (C=O) groups excluding carboxylic acids is 1. The first-order chi connectivity index (χ1) is 12.1. The third kappa shape index (κ3) is 3.89.